The predicted molar refractivity (Wildman–Crippen MR) is 110 cm³/mol. The van der Waals surface area contributed by atoms with Gasteiger partial charge >= 0.3 is 0 Å². The van der Waals surface area contributed by atoms with Crippen molar-refractivity contribution in [2.24, 2.45) is 0 Å². The Morgan fingerprint density at radius 3 is 2.41 bits per heavy atom. The van der Waals surface area contributed by atoms with Gasteiger partial charge in [-0.15, -0.1) is 6.58 Å². The molecule has 0 bridgehead atoms. The van der Waals surface area contributed by atoms with E-state index >= 15 is 0 Å². The SMILES string of the molecule is C=CCN1C(=O)C(=O)/C(=C(/O)c2ccc(C)cc2)C1c1ccc(OC)cc1OC. The summed E-state index contributed by atoms with van der Waals surface area (Å²) < 4.78 is 10.7. The standard InChI is InChI=1S/C23H23NO5/c1-5-12-24-20(17-11-10-16(28-3)13-18(17)29-4)19(22(26)23(24)27)21(25)15-8-6-14(2)7-9-15/h5-11,13,20,25H,1,12H2,2-4H3/b21-19+. The lowest BCUT2D eigenvalue weighted by molar-refractivity contribution is -0.139. The maximum atomic E-state index is 12.9. The van der Waals surface area contributed by atoms with E-state index in [0.717, 1.165) is 5.56 Å². The van der Waals surface area contributed by atoms with E-state index < -0.39 is 17.7 Å². The average molecular weight is 393 g/mol. The van der Waals surface area contributed by atoms with E-state index in [9.17, 15) is 14.7 Å². The van der Waals surface area contributed by atoms with Crippen LogP contribution in [-0.2, 0) is 9.59 Å². The molecule has 3 rings (SSSR count). The van der Waals surface area contributed by atoms with Crippen LogP contribution in [-0.4, -0.2) is 42.5 Å². The summed E-state index contributed by atoms with van der Waals surface area (Å²) in [4.78, 5) is 27.0. The van der Waals surface area contributed by atoms with Crippen LogP contribution in [0.1, 0.15) is 22.7 Å². The Morgan fingerprint density at radius 1 is 1.14 bits per heavy atom. The number of aryl methyl sites for hydroxylation is 1. The lowest BCUT2D eigenvalue weighted by Gasteiger charge is -2.25. The van der Waals surface area contributed by atoms with Gasteiger partial charge in [0.25, 0.3) is 11.7 Å². The van der Waals surface area contributed by atoms with E-state index in [0.29, 0.717) is 22.6 Å². The molecule has 0 aliphatic carbocycles. The Balaban J connectivity index is 2.24. The second kappa shape index (κ2) is 8.22. The molecule has 6 heteroatoms. The minimum Gasteiger partial charge on any atom is -0.507 e. The van der Waals surface area contributed by atoms with E-state index in [4.69, 9.17) is 9.47 Å². The Bertz CT molecular complexity index is 991. The molecular weight excluding hydrogens is 370 g/mol. The molecule has 6 nitrogen and oxygen atoms in total. The average Bonchev–Trinajstić information content (AvgIpc) is 2.98. The molecule has 1 unspecified atom stereocenters. The number of hydrogen-bond donors (Lipinski definition) is 1. The minimum atomic E-state index is -0.810. The van der Waals surface area contributed by atoms with Gasteiger partial charge < -0.3 is 19.5 Å². The Morgan fingerprint density at radius 2 is 1.83 bits per heavy atom. The number of nitrogens with zero attached hydrogens (tertiary/aromatic N) is 1. The zero-order valence-electron chi connectivity index (χ0n) is 16.6. The van der Waals surface area contributed by atoms with Crippen molar-refractivity contribution in [3.63, 3.8) is 0 Å². The van der Waals surface area contributed by atoms with Crippen LogP contribution < -0.4 is 9.47 Å². The highest BCUT2D eigenvalue weighted by atomic mass is 16.5. The second-order valence-electron chi connectivity index (χ2n) is 6.71. The van der Waals surface area contributed by atoms with Crippen molar-refractivity contribution in [1.29, 1.82) is 0 Å². The van der Waals surface area contributed by atoms with Crippen molar-refractivity contribution in [1.82, 2.24) is 4.90 Å². The smallest absolute Gasteiger partial charge is 0.295 e. The summed E-state index contributed by atoms with van der Waals surface area (Å²) in [6.07, 6.45) is 1.54. The molecule has 1 saturated heterocycles. The summed E-state index contributed by atoms with van der Waals surface area (Å²) in [6, 6.07) is 11.4. The molecule has 0 spiro atoms. The van der Waals surface area contributed by atoms with E-state index in [2.05, 4.69) is 6.58 Å². The van der Waals surface area contributed by atoms with Crippen molar-refractivity contribution in [2.75, 3.05) is 20.8 Å². The summed E-state index contributed by atoms with van der Waals surface area (Å²) in [5.41, 5.74) is 2.07. The van der Waals surface area contributed by atoms with Crippen molar-refractivity contribution in [3.05, 3.63) is 77.4 Å². The topological polar surface area (TPSA) is 76.1 Å². The van der Waals surface area contributed by atoms with Gasteiger partial charge in [-0.2, -0.15) is 0 Å². The van der Waals surface area contributed by atoms with Crippen LogP contribution in [0, 0.1) is 6.92 Å². The van der Waals surface area contributed by atoms with E-state index in [1.165, 1.54) is 19.1 Å². The monoisotopic (exact) mass is 393 g/mol. The zero-order chi connectivity index (χ0) is 21.1. The van der Waals surface area contributed by atoms with Crippen LogP contribution in [0.3, 0.4) is 0 Å². The lowest BCUT2D eigenvalue weighted by atomic mass is 9.94. The molecule has 2 aromatic rings. The third kappa shape index (κ3) is 3.61. The first-order valence-electron chi connectivity index (χ1n) is 9.11. The van der Waals surface area contributed by atoms with E-state index in [1.807, 2.05) is 19.1 Å². The van der Waals surface area contributed by atoms with E-state index in [1.54, 1.807) is 36.4 Å². The quantitative estimate of drug-likeness (QED) is 0.351. The fraction of sp³-hybridized carbons (Fsp3) is 0.217. The third-order valence-corrected chi connectivity index (χ3v) is 4.93. The first kappa shape index (κ1) is 20.2. The number of ether oxygens (including phenoxy) is 2. The van der Waals surface area contributed by atoms with Gasteiger partial charge in [0.2, 0.25) is 0 Å². The largest absolute Gasteiger partial charge is 0.507 e. The van der Waals surface area contributed by atoms with Gasteiger partial charge in [-0.05, 0) is 19.1 Å². The van der Waals surface area contributed by atoms with Crippen molar-refractivity contribution < 1.29 is 24.2 Å². The number of ketones is 1. The highest BCUT2D eigenvalue weighted by Gasteiger charge is 2.46. The van der Waals surface area contributed by atoms with Crippen LogP contribution in [0.4, 0.5) is 0 Å². The first-order chi connectivity index (χ1) is 13.9. The lowest BCUT2D eigenvalue weighted by Crippen LogP contribution is -2.29. The molecule has 0 radical (unpaired) electrons. The molecule has 1 atom stereocenters. The fourth-order valence-corrected chi connectivity index (χ4v) is 3.44. The van der Waals surface area contributed by atoms with Crippen molar-refractivity contribution in [2.45, 2.75) is 13.0 Å². The second-order valence-corrected chi connectivity index (χ2v) is 6.71. The van der Waals surface area contributed by atoms with E-state index in [-0.39, 0.29) is 17.9 Å². The van der Waals surface area contributed by atoms with Gasteiger partial charge in [0.05, 0.1) is 25.8 Å². The third-order valence-electron chi connectivity index (χ3n) is 4.93. The number of methoxy groups -OCH3 is 2. The maximum absolute atomic E-state index is 12.9. The van der Waals surface area contributed by atoms with Gasteiger partial charge in [-0.3, -0.25) is 9.59 Å². The van der Waals surface area contributed by atoms with Crippen LogP contribution in [0.5, 0.6) is 11.5 Å². The molecule has 29 heavy (non-hydrogen) atoms. The maximum Gasteiger partial charge on any atom is 0.295 e. The van der Waals surface area contributed by atoms with Gasteiger partial charge in [-0.25, -0.2) is 0 Å². The number of carbonyl (C=O) groups is 2. The minimum absolute atomic E-state index is 0.0177. The van der Waals surface area contributed by atoms with Crippen molar-refractivity contribution in [3.8, 4) is 11.5 Å². The molecule has 1 heterocycles. The highest BCUT2D eigenvalue weighted by molar-refractivity contribution is 6.46. The Kier molecular flexibility index (Phi) is 5.73. The Labute approximate surface area is 169 Å². The number of likely N-dealkylation sites (tertiary alicyclic amines) is 1. The molecular formula is C23H23NO5. The molecule has 1 aliphatic heterocycles. The normalized spacial score (nSPS) is 18.0. The summed E-state index contributed by atoms with van der Waals surface area (Å²) in [6.45, 7) is 5.76. The number of rotatable bonds is 6. The molecule has 0 saturated carbocycles. The van der Waals surface area contributed by atoms with Crippen molar-refractivity contribution >= 4 is 17.4 Å². The molecule has 0 aromatic heterocycles. The number of aliphatic hydroxyl groups is 1. The predicted octanol–water partition coefficient (Wildman–Crippen LogP) is 3.62. The summed E-state index contributed by atoms with van der Waals surface area (Å²) >= 11 is 0. The Hall–Kier alpha value is -3.54. The summed E-state index contributed by atoms with van der Waals surface area (Å²) in [5, 5.41) is 11.0. The first-order valence-corrected chi connectivity index (χ1v) is 9.11. The molecule has 1 fully saturated rings. The number of carbonyl (C=O) groups excluding carboxylic acids is 2. The van der Waals surface area contributed by atoms with Gasteiger partial charge in [0.15, 0.2) is 0 Å². The fourth-order valence-electron chi connectivity index (χ4n) is 3.44. The van der Waals surface area contributed by atoms with Gasteiger partial charge in [0, 0.05) is 23.7 Å². The van der Waals surface area contributed by atoms with Gasteiger partial charge in [0.1, 0.15) is 17.3 Å². The number of hydrogen-bond acceptors (Lipinski definition) is 5. The van der Waals surface area contributed by atoms with Gasteiger partial charge in [-0.1, -0.05) is 35.9 Å². The molecule has 2 aromatic carbocycles. The zero-order valence-corrected chi connectivity index (χ0v) is 16.6. The molecule has 1 aliphatic rings. The highest BCUT2D eigenvalue weighted by Crippen LogP contribution is 2.43. The molecule has 1 N–H and O–H groups in total. The number of amides is 1. The number of Topliss-reactive ketones (excluding diaryl/α,β-unsaturated/α-hetero) is 1. The van der Waals surface area contributed by atoms with Crippen LogP contribution in [0.15, 0.2) is 60.7 Å². The molecule has 1 amide bonds. The summed E-state index contributed by atoms with van der Waals surface area (Å²) in [5.74, 6) is -0.642. The number of aliphatic hydroxyl groups excluding tert-OH is 1. The number of benzene rings is 2. The molecule has 150 valence electrons. The van der Waals surface area contributed by atoms with Crippen LogP contribution in [0.2, 0.25) is 0 Å². The summed E-state index contributed by atoms with van der Waals surface area (Å²) in [7, 11) is 3.04. The van der Waals surface area contributed by atoms with Crippen LogP contribution >= 0.6 is 0 Å². The van der Waals surface area contributed by atoms with Crippen LogP contribution in [0.25, 0.3) is 5.76 Å².